The van der Waals surface area contributed by atoms with E-state index in [4.69, 9.17) is 5.11 Å². The van der Waals surface area contributed by atoms with Crippen molar-refractivity contribution < 1.29 is 14.3 Å². The standard InChI is InChI=1S/C15H23FN2O2/c1-11(19)7-8-17-14(20)18-10-15(2,3)12-5-4-6-13(16)9-12/h4-6,9,11,19H,7-8,10H2,1-3H3,(H2,17,18,20). The molecule has 0 saturated heterocycles. The largest absolute Gasteiger partial charge is 0.393 e. The SMILES string of the molecule is CC(O)CCNC(=O)NCC(C)(C)c1cccc(F)c1. The van der Waals surface area contributed by atoms with Crippen molar-refractivity contribution >= 4 is 6.03 Å². The summed E-state index contributed by atoms with van der Waals surface area (Å²) in [6.45, 7) is 6.38. The quantitative estimate of drug-likeness (QED) is 0.749. The van der Waals surface area contributed by atoms with Crippen molar-refractivity contribution in [3.05, 3.63) is 35.6 Å². The second kappa shape index (κ2) is 7.24. The highest BCUT2D eigenvalue weighted by Gasteiger charge is 2.21. The van der Waals surface area contributed by atoms with E-state index >= 15 is 0 Å². The van der Waals surface area contributed by atoms with Gasteiger partial charge >= 0.3 is 6.03 Å². The van der Waals surface area contributed by atoms with E-state index in [1.165, 1.54) is 12.1 Å². The van der Waals surface area contributed by atoms with Crippen molar-refractivity contribution in [3.63, 3.8) is 0 Å². The number of aliphatic hydroxyl groups excluding tert-OH is 1. The molecule has 0 aliphatic heterocycles. The van der Waals surface area contributed by atoms with E-state index < -0.39 is 6.10 Å². The Kier molecular flexibility index (Phi) is 5.95. The number of benzene rings is 1. The first-order chi connectivity index (χ1) is 9.31. The van der Waals surface area contributed by atoms with Crippen molar-refractivity contribution in [2.24, 2.45) is 0 Å². The minimum Gasteiger partial charge on any atom is -0.393 e. The molecule has 4 nitrogen and oxygen atoms in total. The van der Waals surface area contributed by atoms with Crippen LogP contribution in [0.4, 0.5) is 9.18 Å². The molecule has 0 heterocycles. The molecule has 1 atom stereocenters. The minimum atomic E-state index is -0.431. The summed E-state index contributed by atoms with van der Waals surface area (Å²) < 4.78 is 13.2. The Bertz CT molecular complexity index is 447. The van der Waals surface area contributed by atoms with Gasteiger partial charge in [0.15, 0.2) is 0 Å². The number of hydrogen-bond donors (Lipinski definition) is 3. The Balaban J connectivity index is 2.45. The molecule has 0 spiro atoms. The molecule has 5 heteroatoms. The van der Waals surface area contributed by atoms with E-state index in [1.807, 2.05) is 19.9 Å². The van der Waals surface area contributed by atoms with E-state index in [9.17, 15) is 9.18 Å². The van der Waals surface area contributed by atoms with Gasteiger partial charge in [0, 0.05) is 18.5 Å². The van der Waals surface area contributed by atoms with E-state index in [0.29, 0.717) is 19.5 Å². The lowest BCUT2D eigenvalue weighted by Crippen LogP contribution is -2.42. The van der Waals surface area contributed by atoms with Gasteiger partial charge in [0.05, 0.1) is 6.10 Å². The van der Waals surface area contributed by atoms with Gasteiger partial charge in [0.2, 0.25) is 0 Å². The van der Waals surface area contributed by atoms with Crippen LogP contribution in [-0.2, 0) is 5.41 Å². The van der Waals surface area contributed by atoms with Crippen LogP contribution in [0.1, 0.15) is 32.8 Å². The maximum atomic E-state index is 13.2. The van der Waals surface area contributed by atoms with Crippen LogP contribution in [0.5, 0.6) is 0 Å². The lowest BCUT2D eigenvalue weighted by molar-refractivity contribution is 0.183. The third-order valence-electron chi connectivity index (χ3n) is 3.14. The van der Waals surface area contributed by atoms with Gasteiger partial charge in [-0.3, -0.25) is 0 Å². The second-order valence-electron chi connectivity index (χ2n) is 5.64. The molecule has 0 fully saturated rings. The maximum absolute atomic E-state index is 13.2. The summed E-state index contributed by atoms with van der Waals surface area (Å²) in [6.07, 6.45) is 0.0831. The number of urea groups is 1. The molecule has 2 amide bonds. The highest BCUT2D eigenvalue weighted by Crippen LogP contribution is 2.22. The molecule has 0 aliphatic rings. The molecule has 3 N–H and O–H groups in total. The van der Waals surface area contributed by atoms with Crippen molar-refractivity contribution in [2.45, 2.75) is 38.7 Å². The molecular formula is C15H23FN2O2. The summed E-state index contributed by atoms with van der Waals surface area (Å²) in [7, 11) is 0. The van der Waals surface area contributed by atoms with E-state index in [-0.39, 0.29) is 17.3 Å². The smallest absolute Gasteiger partial charge is 0.314 e. The first-order valence-corrected chi connectivity index (χ1v) is 6.77. The summed E-state index contributed by atoms with van der Waals surface area (Å²) in [4.78, 5) is 11.6. The molecule has 20 heavy (non-hydrogen) atoms. The summed E-state index contributed by atoms with van der Waals surface area (Å²) in [5, 5.41) is 14.5. The summed E-state index contributed by atoms with van der Waals surface area (Å²) in [5.41, 5.74) is 0.478. The fourth-order valence-corrected chi connectivity index (χ4v) is 1.77. The molecule has 112 valence electrons. The van der Waals surface area contributed by atoms with Gasteiger partial charge in [-0.1, -0.05) is 26.0 Å². The monoisotopic (exact) mass is 282 g/mol. The van der Waals surface area contributed by atoms with Crippen LogP contribution in [0.25, 0.3) is 0 Å². The lowest BCUT2D eigenvalue weighted by Gasteiger charge is -2.25. The Morgan fingerprint density at radius 2 is 2.10 bits per heavy atom. The zero-order chi connectivity index (χ0) is 15.2. The summed E-state index contributed by atoms with van der Waals surface area (Å²) in [6, 6.07) is 6.10. The van der Waals surface area contributed by atoms with Gasteiger partial charge in [-0.25, -0.2) is 9.18 Å². The molecule has 0 aliphatic carbocycles. The molecule has 1 aromatic carbocycles. The zero-order valence-corrected chi connectivity index (χ0v) is 12.2. The van der Waals surface area contributed by atoms with Crippen LogP contribution in [0.2, 0.25) is 0 Å². The third kappa shape index (κ3) is 5.57. The number of hydrogen-bond acceptors (Lipinski definition) is 2. The number of carbonyl (C=O) groups excluding carboxylic acids is 1. The van der Waals surface area contributed by atoms with Gasteiger partial charge in [0.1, 0.15) is 5.82 Å². The van der Waals surface area contributed by atoms with Crippen LogP contribution < -0.4 is 10.6 Å². The average Bonchev–Trinajstić information content (AvgIpc) is 2.36. The van der Waals surface area contributed by atoms with Crippen LogP contribution in [0.3, 0.4) is 0 Å². The average molecular weight is 282 g/mol. The fraction of sp³-hybridized carbons (Fsp3) is 0.533. The van der Waals surface area contributed by atoms with Crippen LogP contribution in [-0.4, -0.2) is 30.3 Å². The van der Waals surface area contributed by atoms with Gasteiger partial charge in [-0.15, -0.1) is 0 Å². The number of halogens is 1. The van der Waals surface area contributed by atoms with Crippen molar-refractivity contribution in [1.29, 1.82) is 0 Å². The maximum Gasteiger partial charge on any atom is 0.314 e. The summed E-state index contributed by atoms with van der Waals surface area (Å²) >= 11 is 0. The van der Waals surface area contributed by atoms with Crippen LogP contribution >= 0.6 is 0 Å². The molecule has 0 aromatic heterocycles. The first-order valence-electron chi connectivity index (χ1n) is 6.77. The van der Waals surface area contributed by atoms with E-state index in [1.54, 1.807) is 13.0 Å². The molecule has 1 aromatic rings. The van der Waals surface area contributed by atoms with E-state index in [0.717, 1.165) is 5.56 Å². The van der Waals surface area contributed by atoms with Crippen LogP contribution in [0.15, 0.2) is 24.3 Å². The number of rotatable bonds is 6. The zero-order valence-electron chi connectivity index (χ0n) is 12.2. The lowest BCUT2D eigenvalue weighted by atomic mass is 9.84. The molecule has 0 saturated carbocycles. The highest BCUT2D eigenvalue weighted by molar-refractivity contribution is 5.73. The Hall–Kier alpha value is -1.62. The van der Waals surface area contributed by atoms with Gasteiger partial charge in [-0.2, -0.15) is 0 Å². The van der Waals surface area contributed by atoms with Crippen molar-refractivity contribution in [3.8, 4) is 0 Å². The van der Waals surface area contributed by atoms with E-state index in [2.05, 4.69) is 10.6 Å². The topological polar surface area (TPSA) is 61.4 Å². The Morgan fingerprint density at radius 3 is 2.70 bits per heavy atom. The second-order valence-corrected chi connectivity index (χ2v) is 5.64. The van der Waals surface area contributed by atoms with Gasteiger partial charge in [0.25, 0.3) is 0 Å². The molecule has 1 unspecified atom stereocenters. The number of aliphatic hydroxyl groups is 1. The number of nitrogens with one attached hydrogen (secondary N) is 2. The summed E-state index contributed by atoms with van der Waals surface area (Å²) in [5.74, 6) is -0.281. The van der Waals surface area contributed by atoms with Crippen molar-refractivity contribution in [1.82, 2.24) is 10.6 Å². The van der Waals surface area contributed by atoms with Crippen molar-refractivity contribution in [2.75, 3.05) is 13.1 Å². The first kappa shape index (κ1) is 16.4. The molecular weight excluding hydrogens is 259 g/mol. The molecule has 0 radical (unpaired) electrons. The number of carbonyl (C=O) groups is 1. The van der Waals surface area contributed by atoms with Crippen LogP contribution in [0, 0.1) is 5.82 Å². The third-order valence-corrected chi connectivity index (χ3v) is 3.14. The molecule has 1 rings (SSSR count). The van der Waals surface area contributed by atoms with Gasteiger partial charge in [-0.05, 0) is 31.0 Å². The Morgan fingerprint density at radius 1 is 1.40 bits per heavy atom. The normalized spacial score (nSPS) is 12.8. The highest BCUT2D eigenvalue weighted by atomic mass is 19.1. The minimum absolute atomic E-state index is 0.281. The fourth-order valence-electron chi connectivity index (χ4n) is 1.77. The van der Waals surface area contributed by atoms with Gasteiger partial charge < -0.3 is 15.7 Å². The predicted octanol–water partition coefficient (Wildman–Crippen LogP) is 2.17. The Labute approximate surface area is 119 Å². The molecule has 0 bridgehead atoms. The number of amides is 2. The predicted molar refractivity (Wildman–Crippen MR) is 77.1 cm³/mol.